The number of hydrazone groups is 1. The number of anilines is 2. The Morgan fingerprint density at radius 3 is 2.92 bits per heavy atom. The first kappa shape index (κ1) is 17.3. The molecule has 130 valence electrons. The zero-order valence-electron chi connectivity index (χ0n) is 14.0. The zero-order valence-corrected chi connectivity index (χ0v) is 14.8. The Labute approximate surface area is 152 Å². The number of carbonyl (C=O) groups is 1. The molecular weight excluding hydrogens is 338 g/mol. The largest absolute Gasteiger partial charge is 0.460 e. The van der Waals surface area contributed by atoms with Crippen molar-refractivity contribution >= 4 is 34.8 Å². The molecule has 5 nitrogen and oxygen atoms in total. The molecule has 1 heterocycles. The zero-order chi connectivity index (χ0) is 17.6. The molecule has 3 rings (SSSR count). The second-order valence-corrected chi connectivity index (χ2v) is 6.10. The van der Waals surface area contributed by atoms with E-state index in [1.165, 1.54) is 5.56 Å². The van der Waals surface area contributed by atoms with Crippen LogP contribution in [0.2, 0.25) is 5.02 Å². The van der Waals surface area contributed by atoms with Gasteiger partial charge in [0.15, 0.2) is 0 Å². The molecule has 0 aliphatic carbocycles. The molecule has 0 amide bonds. The van der Waals surface area contributed by atoms with Crippen LogP contribution in [0.25, 0.3) is 0 Å². The molecule has 0 bridgehead atoms. The number of ether oxygens (including phenoxy) is 1. The maximum Gasteiger partial charge on any atom is 0.376 e. The highest BCUT2D eigenvalue weighted by Gasteiger charge is 2.26. The van der Waals surface area contributed by atoms with E-state index in [-0.39, 0.29) is 5.84 Å². The molecule has 0 spiro atoms. The summed E-state index contributed by atoms with van der Waals surface area (Å²) in [7, 11) is 0. The van der Waals surface area contributed by atoms with Crippen molar-refractivity contribution in [2.75, 3.05) is 23.5 Å². The lowest BCUT2D eigenvalue weighted by atomic mass is 10.0. The van der Waals surface area contributed by atoms with Crippen LogP contribution in [0.15, 0.2) is 53.6 Å². The van der Waals surface area contributed by atoms with Crippen LogP contribution in [0.4, 0.5) is 11.4 Å². The van der Waals surface area contributed by atoms with Crippen molar-refractivity contribution in [1.82, 2.24) is 0 Å². The highest BCUT2D eigenvalue weighted by atomic mass is 35.5. The summed E-state index contributed by atoms with van der Waals surface area (Å²) in [5.74, 6) is -0.206. The van der Waals surface area contributed by atoms with E-state index in [1.807, 2.05) is 35.2 Å². The Balaban J connectivity index is 1.93. The SMILES string of the molecule is CCOC(=O)C(=NNc1cccc(Cl)c1)N1CCCc2ccccc21. The monoisotopic (exact) mass is 357 g/mol. The van der Waals surface area contributed by atoms with Crippen LogP contribution < -0.4 is 10.3 Å². The predicted molar refractivity (Wildman–Crippen MR) is 101 cm³/mol. The molecule has 0 aromatic heterocycles. The van der Waals surface area contributed by atoms with E-state index in [2.05, 4.69) is 16.6 Å². The third kappa shape index (κ3) is 4.12. The lowest BCUT2D eigenvalue weighted by molar-refractivity contribution is -0.135. The average Bonchev–Trinajstić information content (AvgIpc) is 2.62. The molecule has 0 radical (unpaired) electrons. The van der Waals surface area contributed by atoms with Crippen molar-refractivity contribution in [1.29, 1.82) is 0 Å². The van der Waals surface area contributed by atoms with Crippen LogP contribution in [0, 0.1) is 0 Å². The van der Waals surface area contributed by atoms with Gasteiger partial charge in [-0.3, -0.25) is 5.43 Å². The first-order valence-electron chi connectivity index (χ1n) is 8.31. The fourth-order valence-corrected chi connectivity index (χ4v) is 3.03. The normalized spacial score (nSPS) is 14.0. The molecule has 2 aromatic carbocycles. The number of esters is 1. The summed E-state index contributed by atoms with van der Waals surface area (Å²) in [6, 6.07) is 15.2. The van der Waals surface area contributed by atoms with Gasteiger partial charge < -0.3 is 9.64 Å². The van der Waals surface area contributed by atoms with Gasteiger partial charge in [0.2, 0.25) is 5.84 Å². The summed E-state index contributed by atoms with van der Waals surface area (Å²) >= 11 is 6.00. The molecular formula is C19H20ClN3O2. The summed E-state index contributed by atoms with van der Waals surface area (Å²) in [4.78, 5) is 14.4. The van der Waals surface area contributed by atoms with Crippen LogP contribution in [0.5, 0.6) is 0 Å². The number of hydrogen-bond donors (Lipinski definition) is 1. The topological polar surface area (TPSA) is 53.9 Å². The highest BCUT2D eigenvalue weighted by molar-refractivity contribution is 6.41. The van der Waals surface area contributed by atoms with E-state index in [0.717, 1.165) is 18.5 Å². The fourth-order valence-electron chi connectivity index (χ4n) is 2.84. The molecule has 0 saturated carbocycles. The third-order valence-corrected chi connectivity index (χ3v) is 4.17. The van der Waals surface area contributed by atoms with Crippen molar-refractivity contribution in [3.05, 3.63) is 59.1 Å². The summed E-state index contributed by atoms with van der Waals surface area (Å²) in [5.41, 5.74) is 5.82. The first-order chi connectivity index (χ1) is 12.2. The van der Waals surface area contributed by atoms with Crippen LogP contribution in [-0.4, -0.2) is 25.0 Å². The molecule has 0 unspecified atom stereocenters. The van der Waals surface area contributed by atoms with Crippen LogP contribution in [0.3, 0.4) is 0 Å². The van der Waals surface area contributed by atoms with Gasteiger partial charge in [0.1, 0.15) is 0 Å². The van der Waals surface area contributed by atoms with Gasteiger partial charge in [0.05, 0.1) is 12.3 Å². The third-order valence-electron chi connectivity index (χ3n) is 3.94. The lowest BCUT2D eigenvalue weighted by Crippen LogP contribution is -2.41. The molecule has 1 aliphatic heterocycles. The number of nitrogens with one attached hydrogen (secondary N) is 1. The van der Waals surface area contributed by atoms with Gasteiger partial charge in [-0.2, -0.15) is 0 Å². The standard InChI is InChI=1S/C19H20ClN3O2/c1-2-25-19(24)18(22-21-16-10-5-9-15(20)13-16)23-12-6-8-14-7-3-4-11-17(14)23/h3-5,7,9-11,13,21H,2,6,8,12H2,1H3. The molecule has 6 heteroatoms. The van der Waals surface area contributed by atoms with E-state index in [0.29, 0.717) is 23.9 Å². The number of amidine groups is 1. The molecule has 0 atom stereocenters. The number of carbonyl (C=O) groups excluding carboxylic acids is 1. The maximum atomic E-state index is 12.5. The number of hydrogen-bond acceptors (Lipinski definition) is 4. The number of aryl methyl sites for hydroxylation is 1. The number of fused-ring (bicyclic) bond motifs is 1. The Bertz CT molecular complexity index is 792. The van der Waals surface area contributed by atoms with E-state index in [1.54, 1.807) is 19.1 Å². The van der Waals surface area contributed by atoms with Crippen molar-refractivity contribution in [2.45, 2.75) is 19.8 Å². The second kappa shape index (κ2) is 8.03. The van der Waals surface area contributed by atoms with Gasteiger partial charge in [0, 0.05) is 17.3 Å². The van der Waals surface area contributed by atoms with Gasteiger partial charge in [-0.05, 0) is 49.6 Å². The van der Waals surface area contributed by atoms with Gasteiger partial charge in [-0.1, -0.05) is 35.9 Å². The van der Waals surface area contributed by atoms with E-state index >= 15 is 0 Å². The van der Waals surface area contributed by atoms with E-state index < -0.39 is 5.97 Å². The summed E-state index contributed by atoms with van der Waals surface area (Å²) in [5, 5.41) is 4.93. The number of nitrogens with zero attached hydrogens (tertiary/aromatic N) is 2. The minimum absolute atomic E-state index is 0.244. The maximum absolute atomic E-state index is 12.5. The summed E-state index contributed by atoms with van der Waals surface area (Å²) < 4.78 is 5.21. The van der Waals surface area contributed by atoms with E-state index in [4.69, 9.17) is 16.3 Å². The molecule has 1 aliphatic rings. The minimum atomic E-state index is -0.450. The molecule has 0 saturated heterocycles. The van der Waals surface area contributed by atoms with Gasteiger partial charge in [-0.15, -0.1) is 5.10 Å². The smallest absolute Gasteiger partial charge is 0.376 e. The predicted octanol–water partition coefficient (Wildman–Crippen LogP) is 4.08. The molecule has 25 heavy (non-hydrogen) atoms. The van der Waals surface area contributed by atoms with Gasteiger partial charge in [0.25, 0.3) is 0 Å². The quantitative estimate of drug-likeness (QED) is 0.389. The van der Waals surface area contributed by atoms with Gasteiger partial charge in [-0.25, -0.2) is 4.79 Å². The van der Waals surface area contributed by atoms with Crippen molar-refractivity contribution in [3.63, 3.8) is 0 Å². The lowest BCUT2D eigenvalue weighted by Gasteiger charge is -2.30. The Kier molecular flexibility index (Phi) is 5.56. The van der Waals surface area contributed by atoms with Crippen LogP contribution >= 0.6 is 11.6 Å². The number of para-hydroxylation sites is 1. The van der Waals surface area contributed by atoms with Crippen molar-refractivity contribution in [3.8, 4) is 0 Å². The highest BCUT2D eigenvalue weighted by Crippen LogP contribution is 2.27. The number of rotatable bonds is 3. The second-order valence-electron chi connectivity index (χ2n) is 5.66. The first-order valence-corrected chi connectivity index (χ1v) is 8.68. The number of benzene rings is 2. The van der Waals surface area contributed by atoms with Crippen molar-refractivity contribution in [2.24, 2.45) is 5.10 Å². The minimum Gasteiger partial charge on any atom is -0.460 e. The molecule has 0 fully saturated rings. The molecule has 1 N–H and O–H groups in total. The summed E-state index contributed by atoms with van der Waals surface area (Å²) in [6.07, 6.45) is 1.94. The fraction of sp³-hybridized carbons (Fsp3) is 0.263. The number of halogens is 1. The van der Waals surface area contributed by atoms with E-state index in [9.17, 15) is 4.79 Å². The average molecular weight is 358 g/mol. The Hall–Kier alpha value is -2.53. The summed E-state index contributed by atoms with van der Waals surface area (Å²) in [6.45, 7) is 2.79. The Morgan fingerprint density at radius 2 is 2.12 bits per heavy atom. The van der Waals surface area contributed by atoms with Crippen LogP contribution in [0.1, 0.15) is 18.9 Å². The van der Waals surface area contributed by atoms with Crippen molar-refractivity contribution < 1.29 is 9.53 Å². The molecule has 2 aromatic rings. The van der Waals surface area contributed by atoms with Gasteiger partial charge >= 0.3 is 5.97 Å². The van der Waals surface area contributed by atoms with Crippen LogP contribution in [-0.2, 0) is 16.0 Å². The Morgan fingerprint density at radius 1 is 1.28 bits per heavy atom.